The Morgan fingerprint density at radius 3 is 2.53 bits per heavy atom. The van der Waals surface area contributed by atoms with E-state index in [1.807, 2.05) is 0 Å². The van der Waals surface area contributed by atoms with Crippen LogP contribution in [0.1, 0.15) is 36.5 Å². The molecule has 0 heterocycles. The van der Waals surface area contributed by atoms with E-state index >= 15 is 0 Å². The molecule has 0 N–H and O–H groups in total. The van der Waals surface area contributed by atoms with Gasteiger partial charge < -0.3 is 14.4 Å². The van der Waals surface area contributed by atoms with Gasteiger partial charge in [0.25, 0.3) is 0 Å². The lowest BCUT2D eigenvalue weighted by Gasteiger charge is -2.19. The molecule has 1 aromatic carbocycles. The molecule has 0 aliphatic heterocycles. The zero-order valence-electron chi connectivity index (χ0n) is 12.7. The monoisotopic (exact) mass is 263 g/mol. The van der Waals surface area contributed by atoms with Gasteiger partial charge in [-0.1, -0.05) is 6.07 Å². The molecule has 0 amide bonds. The van der Waals surface area contributed by atoms with Crippen LogP contribution in [0.4, 0.5) is 0 Å². The van der Waals surface area contributed by atoms with E-state index in [1.54, 1.807) is 14.0 Å². The molecular formula is C16H25NO2. The minimum Gasteiger partial charge on any atom is -0.496 e. The molecule has 19 heavy (non-hydrogen) atoms. The number of nitrogens with zero attached hydrogens (tertiary/aromatic N) is 1. The molecule has 0 atom stereocenters. The van der Waals surface area contributed by atoms with Crippen LogP contribution in [0.3, 0.4) is 0 Å². The summed E-state index contributed by atoms with van der Waals surface area (Å²) in [7, 11) is 3.80. The highest BCUT2D eigenvalue weighted by Gasteiger charge is 2.07. The van der Waals surface area contributed by atoms with Gasteiger partial charge in [0.2, 0.25) is 0 Å². The number of methoxy groups -OCH3 is 1. The number of Topliss-reactive ketones (excluding diaryl/α,β-unsaturated/α-hetero) is 1. The fraction of sp³-hybridized carbons (Fsp3) is 0.562. The van der Waals surface area contributed by atoms with E-state index in [0.29, 0.717) is 6.42 Å². The van der Waals surface area contributed by atoms with Gasteiger partial charge in [-0.25, -0.2) is 0 Å². The average Bonchev–Trinajstić information content (AvgIpc) is 2.32. The molecule has 0 fully saturated rings. The zero-order chi connectivity index (χ0) is 14.4. The summed E-state index contributed by atoms with van der Waals surface area (Å²) in [4.78, 5) is 13.2. The molecule has 0 aromatic heterocycles. The first-order chi connectivity index (χ1) is 8.93. The molecular weight excluding hydrogens is 238 g/mol. The molecule has 3 heteroatoms. The van der Waals surface area contributed by atoms with Crippen molar-refractivity contribution in [3.05, 3.63) is 28.8 Å². The second-order valence-electron chi connectivity index (χ2n) is 5.29. The molecule has 0 aliphatic rings. The highest BCUT2D eigenvalue weighted by molar-refractivity contribution is 5.75. The maximum absolute atomic E-state index is 10.9. The minimum absolute atomic E-state index is 0.268. The third kappa shape index (κ3) is 5.03. The summed E-state index contributed by atoms with van der Waals surface area (Å²) in [5.74, 6) is 1.21. The fourth-order valence-corrected chi connectivity index (χ4v) is 2.21. The number of carbonyl (C=O) groups is 1. The Hall–Kier alpha value is -1.35. The Morgan fingerprint density at radius 1 is 1.26 bits per heavy atom. The van der Waals surface area contributed by atoms with Gasteiger partial charge in [-0.2, -0.15) is 0 Å². The normalized spacial score (nSPS) is 10.8. The van der Waals surface area contributed by atoms with Gasteiger partial charge in [0.15, 0.2) is 0 Å². The molecule has 0 unspecified atom stereocenters. The van der Waals surface area contributed by atoms with Gasteiger partial charge in [-0.15, -0.1) is 0 Å². The van der Waals surface area contributed by atoms with Crippen molar-refractivity contribution in [3.63, 3.8) is 0 Å². The number of benzene rings is 1. The van der Waals surface area contributed by atoms with Crippen molar-refractivity contribution in [1.29, 1.82) is 0 Å². The van der Waals surface area contributed by atoms with Crippen LogP contribution in [0.2, 0.25) is 0 Å². The van der Waals surface area contributed by atoms with E-state index in [-0.39, 0.29) is 5.78 Å². The number of hydrogen-bond acceptors (Lipinski definition) is 3. The van der Waals surface area contributed by atoms with E-state index in [4.69, 9.17) is 4.74 Å². The Balaban J connectivity index is 2.61. The van der Waals surface area contributed by atoms with Gasteiger partial charge in [0, 0.05) is 13.0 Å². The van der Waals surface area contributed by atoms with E-state index < -0.39 is 0 Å². The van der Waals surface area contributed by atoms with Crippen molar-refractivity contribution >= 4 is 5.78 Å². The second kappa shape index (κ2) is 7.29. The largest absolute Gasteiger partial charge is 0.496 e. The van der Waals surface area contributed by atoms with Crippen LogP contribution in [-0.4, -0.2) is 31.4 Å². The van der Waals surface area contributed by atoms with Crippen LogP contribution < -0.4 is 4.74 Å². The van der Waals surface area contributed by atoms with Gasteiger partial charge in [-0.3, -0.25) is 0 Å². The standard InChI is InChI=1S/C16H25NO2/c1-12-10-16(19-5)13(2)9-15(12)11-17(4)8-6-7-14(3)18/h9-10H,6-8,11H2,1-5H3. The molecule has 0 bridgehead atoms. The molecule has 3 nitrogen and oxygen atoms in total. The van der Waals surface area contributed by atoms with E-state index in [2.05, 4.69) is 37.9 Å². The highest BCUT2D eigenvalue weighted by Crippen LogP contribution is 2.23. The molecule has 0 spiro atoms. The third-order valence-electron chi connectivity index (χ3n) is 3.36. The Morgan fingerprint density at radius 2 is 1.95 bits per heavy atom. The van der Waals surface area contributed by atoms with E-state index in [0.717, 1.165) is 25.3 Å². The summed E-state index contributed by atoms with van der Waals surface area (Å²) >= 11 is 0. The molecule has 0 aliphatic carbocycles. The lowest BCUT2D eigenvalue weighted by atomic mass is 10.0. The van der Waals surface area contributed by atoms with Crippen LogP contribution >= 0.6 is 0 Å². The SMILES string of the molecule is COc1cc(C)c(CN(C)CCCC(C)=O)cc1C. The van der Waals surface area contributed by atoms with Crippen LogP contribution in [0.25, 0.3) is 0 Å². The summed E-state index contributed by atoms with van der Waals surface area (Å²) in [6, 6.07) is 4.28. The van der Waals surface area contributed by atoms with Gasteiger partial charge in [0.05, 0.1) is 7.11 Å². The van der Waals surface area contributed by atoms with Crippen LogP contribution in [0.15, 0.2) is 12.1 Å². The summed E-state index contributed by atoms with van der Waals surface area (Å²) in [5.41, 5.74) is 3.74. The van der Waals surface area contributed by atoms with Crippen molar-refractivity contribution in [1.82, 2.24) is 4.90 Å². The van der Waals surface area contributed by atoms with Gasteiger partial charge >= 0.3 is 0 Å². The summed E-state index contributed by atoms with van der Waals surface area (Å²) in [6.07, 6.45) is 1.60. The number of carbonyl (C=O) groups excluding carboxylic acids is 1. The van der Waals surface area contributed by atoms with Crippen LogP contribution in [-0.2, 0) is 11.3 Å². The Labute approximate surface area is 116 Å². The molecule has 1 rings (SSSR count). The summed E-state index contributed by atoms with van der Waals surface area (Å²) < 4.78 is 5.33. The smallest absolute Gasteiger partial charge is 0.129 e. The number of hydrogen-bond donors (Lipinski definition) is 0. The fourth-order valence-electron chi connectivity index (χ4n) is 2.21. The Kier molecular flexibility index (Phi) is 6.03. The minimum atomic E-state index is 0.268. The van der Waals surface area contributed by atoms with Crippen molar-refractivity contribution in [2.75, 3.05) is 20.7 Å². The molecule has 1 aromatic rings. The van der Waals surface area contributed by atoms with Gasteiger partial charge in [-0.05, 0) is 63.5 Å². The Bertz CT molecular complexity index is 441. The number of ketones is 1. The average molecular weight is 263 g/mol. The number of rotatable bonds is 7. The molecule has 0 radical (unpaired) electrons. The van der Waals surface area contributed by atoms with Crippen molar-refractivity contribution in [2.45, 2.75) is 40.2 Å². The van der Waals surface area contributed by atoms with Crippen molar-refractivity contribution in [3.8, 4) is 5.75 Å². The lowest BCUT2D eigenvalue weighted by Crippen LogP contribution is -2.20. The topological polar surface area (TPSA) is 29.5 Å². The van der Waals surface area contributed by atoms with Crippen LogP contribution in [0.5, 0.6) is 5.75 Å². The first kappa shape index (κ1) is 15.7. The van der Waals surface area contributed by atoms with E-state index in [9.17, 15) is 4.79 Å². The summed E-state index contributed by atoms with van der Waals surface area (Å²) in [6.45, 7) is 7.69. The lowest BCUT2D eigenvalue weighted by molar-refractivity contribution is -0.117. The summed E-state index contributed by atoms with van der Waals surface area (Å²) in [5, 5.41) is 0. The first-order valence-electron chi connectivity index (χ1n) is 6.76. The quantitative estimate of drug-likeness (QED) is 0.757. The maximum Gasteiger partial charge on any atom is 0.129 e. The van der Waals surface area contributed by atoms with Crippen molar-refractivity contribution in [2.24, 2.45) is 0 Å². The third-order valence-corrected chi connectivity index (χ3v) is 3.36. The number of ether oxygens (including phenoxy) is 1. The second-order valence-corrected chi connectivity index (χ2v) is 5.29. The number of aryl methyl sites for hydroxylation is 2. The first-order valence-corrected chi connectivity index (χ1v) is 6.76. The maximum atomic E-state index is 10.9. The molecule has 0 saturated carbocycles. The highest BCUT2D eigenvalue weighted by atomic mass is 16.5. The predicted octanol–water partition coefficient (Wildman–Crippen LogP) is 3.11. The zero-order valence-corrected chi connectivity index (χ0v) is 12.7. The molecule has 106 valence electrons. The van der Waals surface area contributed by atoms with Gasteiger partial charge in [0.1, 0.15) is 11.5 Å². The van der Waals surface area contributed by atoms with E-state index in [1.165, 1.54) is 16.7 Å². The van der Waals surface area contributed by atoms with Crippen molar-refractivity contribution < 1.29 is 9.53 Å². The predicted molar refractivity (Wildman–Crippen MR) is 78.7 cm³/mol. The molecule has 0 saturated heterocycles. The van der Waals surface area contributed by atoms with Crippen LogP contribution in [0, 0.1) is 13.8 Å².